The summed E-state index contributed by atoms with van der Waals surface area (Å²) in [5.74, 6) is 5.29. The SMILES string of the molecule is Cc1c(CNC(=O)c2cnc(NN)c(Cl)c2)cnn1C. The van der Waals surface area contributed by atoms with Crippen molar-refractivity contribution in [1.29, 1.82) is 0 Å². The van der Waals surface area contributed by atoms with Crippen molar-refractivity contribution in [3.05, 3.63) is 40.3 Å². The fourth-order valence-corrected chi connectivity index (χ4v) is 1.88. The van der Waals surface area contributed by atoms with Crippen LogP contribution in [0.3, 0.4) is 0 Å². The third-order valence-corrected chi connectivity index (χ3v) is 3.30. The molecule has 8 heteroatoms. The van der Waals surface area contributed by atoms with Crippen molar-refractivity contribution >= 4 is 23.3 Å². The molecule has 4 N–H and O–H groups in total. The summed E-state index contributed by atoms with van der Waals surface area (Å²) in [5, 5.41) is 7.19. The number of aromatic nitrogens is 3. The van der Waals surface area contributed by atoms with Gasteiger partial charge < -0.3 is 10.7 Å². The Hall–Kier alpha value is -2.12. The fourth-order valence-electron chi connectivity index (χ4n) is 1.66. The normalized spacial score (nSPS) is 10.4. The summed E-state index contributed by atoms with van der Waals surface area (Å²) < 4.78 is 1.75. The summed E-state index contributed by atoms with van der Waals surface area (Å²) in [5.41, 5.74) is 4.68. The molecular formula is C12H15ClN6O. The van der Waals surface area contributed by atoms with Crippen LogP contribution in [0.15, 0.2) is 18.5 Å². The van der Waals surface area contributed by atoms with Gasteiger partial charge in [0.25, 0.3) is 5.91 Å². The molecule has 0 radical (unpaired) electrons. The van der Waals surface area contributed by atoms with Gasteiger partial charge in [0, 0.05) is 31.0 Å². The van der Waals surface area contributed by atoms with E-state index in [1.807, 2.05) is 14.0 Å². The van der Waals surface area contributed by atoms with Crippen LogP contribution in [0.4, 0.5) is 5.82 Å². The van der Waals surface area contributed by atoms with Crippen LogP contribution in [0.25, 0.3) is 0 Å². The molecule has 7 nitrogen and oxygen atoms in total. The van der Waals surface area contributed by atoms with Gasteiger partial charge >= 0.3 is 0 Å². The van der Waals surface area contributed by atoms with Crippen molar-refractivity contribution in [3.8, 4) is 0 Å². The van der Waals surface area contributed by atoms with Crippen molar-refractivity contribution in [3.63, 3.8) is 0 Å². The number of halogens is 1. The van der Waals surface area contributed by atoms with Gasteiger partial charge in [-0.15, -0.1) is 0 Å². The number of carbonyl (C=O) groups is 1. The predicted molar refractivity (Wildman–Crippen MR) is 76.2 cm³/mol. The highest BCUT2D eigenvalue weighted by molar-refractivity contribution is 6.33. The zero-order valence-corrected chi connectivity index (χ0v) is 11.9. The maximum Gasteiger partial charge on any atom is 0.253 e. The lowest BCUT2D eigenvalue weighted by molar-refractivity contribution is 0.0950. The van der Waals surface area contributed by atoms with E-state index in [1.165, 1.54) is 12.3 Å². The maximum absolute atomic E-state index is 12.0. The lowest BCUT2D eigenvalue weighted by atomic mass is 10.2. The number of nitrogens with zero attached hydrogens (tertiary/aromatic N) is 3. The predicted octanol–water partition coefficient (Wildman–Crippen LogP) is 0.993. The molecule has 0 aromatic carbocycles. The number of carbonyl (C=O) groups excluding carboxylic acids is 1. The molecule has 2 aromatic heterocycles. The first-order chi connectivity index (χ1) is 9.52. The van der Waals surface area contributed by atoms with Gasteiger partial charge in [0.15, 0.2) is 5.82 Å². The molecule has 0 fully saturated rings. The summed E-state index contributed by atoms with van der Waals surface area (Å²) in [7, 11) is 1.85. The highest BCUT2D eigenvalue weighted by Gasteiger charge is 2.11. The Bertz CT molecular complexity index is 639. The zero-order valence-electron chi connectivity index (χ0n) is 11.1. The molecule has 2 aromatic rings. The minimum Gasteiger partial charge on any atom is -0.348 e. The smallest absolute Gasteiger partial charge is 0.253 e. The summed E-state index contributed by atoms with van der Waals surface area (Å²) in [6.07, 6.45) is 3.13. The zero-order chi connectivity index (χ0) is 14.7. The standard InChI is InChI=1S/C12H15ClN6O/c1-7-9(6-17-19(7)2)5-16-12(20)8-3-10(13)11(18-14)15-4-8/h3-4,6H,5,14H2,1-2H3,(H,15,18)(H,16,20). The summed E-state index contributed by atoms with van der Waals surface area (Å²) in [6.45, 7) is 2.33. The molecule has 2 heterocycles. The Morgan fingerprint density at radius 3 is 2.80 bits per heavy atom. The Kier molecular flexibility index (Phi) is 4.21. The first kappa shape index (κ1) is 14.3. The van der Waals surface area contributed by atoms with Crippen LogP contribution in [0.1, 0.15) is 21.6 Å². The number of nitrogens with two attached hydrogens (primary N) is 1. The molecule has 0 aliphatic heterocycles. The van der Waals surface area contributed by atoms with Gasteiger partial charge in [-0.2, -0.15) is 5.10 Å². The van der Waals surface area contributed by atoms with Gasteiger partial charge in [0.1, 0.15) is 0 Å². The van der Waals surface area contributed by atoms with Gasteiger partial charge in [-0.3, -0.25) is 9.48 Å². The van der Waals surface area contributed by atoms with Crippen LogP contribution in [0.2, 0.25) is 5.02 Å². The second-order valence-corrected chi connectivity index (χ2v) is 4.67. The number of hydrogen-bond acceptors (Lipinski definition) is 5. The van der Waals surface area contributed by atoms with Crippen LogP contribution in [-0.2, 0) is 13.6 Å². The van der Waals surface area contributed by atoms with E-state index in [0.29, 0.717) is 17.9 Å². The van der Waals surface area contributed by atoms with Crippen molar-refractivity contribution in [2.75, 3.05) is 5.43 Å². The van der Waals surface area contributed by atoms with Crippen LogP contribution >= 0.6 is 11.6 Å². The second kappa shape index (κ2) is 5.89. The van der Waals surface area contributed by atoms with E-state index in [0.717, 1.165) is 11.3 Å². The van der Waals surface area contributed by atoms with E-state index >= 15 is 0 Å². The van der Waals surface area contributed by atoms with Crippen LogP contribution in [0, 0.1) is 6.92 Å². The lowest BCUT2D eigenvalue weighted by Gasteiger charge is -2.07. The maximum atomic E-state index is 12.0. The van der Waals surface area contributed by atoms with E-state index in [4.69, 9.17) is 17.4 Å². The third-order valence-electron chi connectivity index (χ3n) is 3.02. The number of nitrogen functional groups attached to an aromatic ring is 1. The van der Waals surface area contributed by atoms with Crippen molar-refractivity contribution in [2.24, 2.45) is 12.9 Å². The highest BCUT2D eigenvalue weighted by Crippen LogP contribution is 2.18. The number of nitrogens with one attached hydrogen (secondary N) is 2. The van der Waals surface area contributed by atoms with Gasteiger partial charge in [-0.05, 0) is 13.0 Å². The number of aryl methyl sites for hydroxylation is 1. The first-order valence-corrected chi connectivity index (χ1v) is 6.28. The lowest BCUT2D eigenvalue weighted by Crippen LogP contribution is -2.23. The number of rotatable bonds is 4. The number of hydrogen-bond donors (Lipinski definition) is 3. The molecule has 0 saturated heterocycles. The second-order valence-electron chi connectivity index (χ2n) is 4.26. The van der Waals surface area contributed by atoms with E-state index in [-0.39, 0.29) is 10.9 Å². The number of pyridine rings is 1. The van der Waals surface area contributed by atoms with Crippen molar-refractivity contribution in [1.82, 2.24) is 20.1 Å². The molecule has 1 amide bonds. The summed E-state index contributed by atoms with van der Waals surface area (Å²) in [6, 6.07) is 1.51. The first-order valence-electron chi connectivity index (χ1n) is 5.90. The minimum absolute atomic E-state index is 0.258. The number of amides is 1. The highest BCUT2D eigenvalue weighted by atomic mass is 35.5. The van der Waals surface area contributed by atoms with Gasteiger partial charge in [0.05, 0.1) is 16.8 Å². The molecule has 0 aliphatic carbocycles. The van der Waals surface area contributed by atoms with Crippen LogP contribution in [0.5, 0.6) is 0 Å². The van der Waals surface area contributed by atoms with Crippen molar-refractivity contribution in [2.45, 2.75) is 13.5 Å². The monoisotopic (exact) mass is 294 g/mol. The van der Waals surface area contributed by atoms with Crippen LogP contribution < -0.4 is 16.6 Å². The molecule has 0 spiro atoms. The minimum atomic E-state index is -0.258. The van der Waals surface area contributed by atoms with E-state index < -0.39 is 0 Å². The Morgan fingerprint density at radius 1 is 1.50 bits per heavy atom. The Balaban J connectivity index is 2.05. The van der Waals surface area contributed by atoms with Crippen LogP contribution in [-0.4, -0.2) is 20.7 Å². The molecular weight excluding hydrogens is 280 g/mol. The molecule has 0 aliphatic rings. The summed E-state index contributed by atoms with van der Waals surface area (Å²) >= 11 is 5.92. The van der Waals surface area contributed by atoms with Gasteiger partial charge in [0.2, 0.25) is 0 Å². The molecule has 0 atom stereocenters. The quantitative estimate of drug-likeness (QED) is 0.577. The third kappa shape index (κ3) is 2.89. The largest absolute Gasteiger partial charge is 0.348 e. The van der Waals surface area contributed by atoms with E-state index in [1.54, 1.807) is 10.9 Å². The van der Waals surface area contributed by atoms with E-state index in [2.05, 4.69) is 20.8 Å². The van der Waals surface area contributed by atoms with Gasteiger partial charge in [-0.1, -0.05) is 11.6 Å². The molecule has 0 saturated carbocycles. The molecule has 0 bridgehead atoms. The number of hydrazine groups is 1. The average Bonchev–Trinajstić information content (AvgIpc) is 2.76. The van der Waals surface area contributed by atoms with Gasteiger partial charge in [-0.25, -0.2) is 10.8 Å². The summed E-state index contributed by atoms with van der Waals surface area (Å²) in [4.78, 5) is 15.9. The molecule has 106 valence electrons. The number of anilines is 1. The van der Waals surface area contributed by atoms with Crippen molar-refractivity contribution < 1.29 is 4.79 Å². The Morgan fingerprint density at radius 2 is 2.25 bits per heavy atom. The topological polar surface area (TPSA) is 97.9 Å². The molecule has 2 rings (SSSR count). The Labute approximate surface area is 121 Å². The average molecular weight is 295 g/mol. The van der Waals surface area contributed by atoms with E-state index in [9.17, 15) is 4.79 Å². The molecule has 20 heavy (non-hydrogen) atoms. The fraction of sp³-hybridized carbons (Fsp3) is 0.250. The molecule has 0 unspecified atom stereocenters.